The number of pyridine rings is 1. The normalized spacial score (nSPS) is 10.7. The van der Waals surface area contributed by atoms with Gasteiger partial charge in [-0.05, 0) is 19.1 Å². The Morgan fingerprint density at radius 2 is 1.81 bits per heavy atom. The van der Waals surface area contributed by atoms with Crippen LogP contribution in [0, 0.1) is 6.92 Å². The largest absolute Gasteiger partial charge is 0.297 e. The minimum Gasteiger partial charge on any atom is -0.297 e. The first-order valence-corrected chi connectivity index (χ1v) is 9.61. The van der Waals surface area contributed by atoms with Gasteiger partial charge in [-0.25, -0.2) is 9.97 Å². The fraction of sp³-hybridized carbons (Fsp3) is 0.0526. The maximum atomic E-state index is 12.6. The number of hydrogen-bond donors (Lipinski definition) is 1. The van der Waals surface area contributed by atoms with E-state index in [-0.39, 0.29) is 5.91 Å². The summed E-state index contributed by atoms with van der Waals surface area (Å²) in [7, 11) is 0. The summed E-state index contributed by atoms with van der Waals surface area (Å²) in [4.78, 5) is 26.5. The molecule has 3 aromatic heterocycles. The molecule has 1 N–H and O–H groups in total. The van der Waals surface area contributed by atoms with Crippen molar-refractivity contribution in [1.29, 1.82) is 0 Å². The zero-order valence-corrected chi connectivity index (χ0v) is 15.5. The summed E-state index contributed by atoms with van der Waals surface area (Å²) in [6.45, 7) is 1.83. The van der Waals surface area contributed by atoms with Gasteiger partial charge in [0.2, 0.25) is 0 Å². The van der Waals surface area contributed by atoms with E-state index in [9.17, 15) is 4.79 Å². The zero-order valence-electron chi connectivity index (χ0n) is 13.8. The molecule has 0 bridgehead atoms. The summed E-state index contributed by atoms with van der Waals surface area (Å²) in [6, 6.07) is 15.5. The van der Waals surface area contributed by atoms with E-state index in [1.807, 2.05) is 60.8 Å². The van der Waals surface area contributed by atoms with Crippen LogP contribution in [0.4, 0.5) is 5.13 Å². The number of nitrogens with zero attached hydrogens (tertiary/aromatic N) is 3. The number of nitrogens with one attached hydrogen (secondary N) is 1. The lowest BCUT2D eigenvalue weighted by Crippen LogP contribution is -2.11. The standard InChI is InChI=1S/C19H14N4OS2/c1-12-16(26-18(21-12)14-9-5-6-10-20-14)17(24)23-19-22-15(11-25-19)13-7-3-2-4-8-13/h2-11H,1H3,(H,22,23,24). The van der Waals surface area contributed by atoms with Gasteiger partial charge < -0.3 is 0 Å². The van der Waals surface area contributed by atoms with Gasteiger partial charge in [0.1, 0.15) is 9.88 Å². The third-order valence-corrected chi connectivity index (χ3v) is 5.62. The van der Waals surface area contributed by atoms with Crippen LogP contribution in [-0.4, -0.2) is 20.9 Å². The number of aromatic nitrogens is 3. The molecule has 26 heavy (non-hydrogen) atoms. The second kappa shape index (κ2) is 7.15. The lowest BCUT2D eigenvalue weighted by molar-refractivity contribution is 0.103. The highest BCUT2D eigenvalue weighted by Crippen LogP contribution is 2.29. The van der Waals surface area contributed by atoms with E-state index in [4.69, 9.17) is 0 Å². The van der Waals surface area contributed by atoms with Crippen molar-refractivity contribution < 1.29 is 4.79 Å². The van der Waals surface area contributed by atoms with Gasteiger partial charge in [0.15, 0.2) is 5.13 Å². The molecule has 3 heterocycles. The van der Waals surface area contributed by atoms with E-state index in [2.05, 4.69) is 20.3 Å². The van der Waals surface area contributed by atoms with Crippen molar-refractivity contribution in [3.63, 3.8) is 0 Å². The summed E-state index contributed by atoms with van der Waals surface area (Å²) < 4.78 is 0. The van der Waals surface area contributed by atoms with Crippen LogP contribution in [0.15, 0.2) is 60.1 Å². The fourth-order valence-electron chi connectivity index (χ4n) is 2.43. The van der Waals surface area contributed by atoms with Gasteiger partial charge in [0.05, 0.1) is 17.1 Å². The van der Waals surface area contributed by atoms with Gasteiger partial charge in [-0.3, -0.25) is 15.1 Å². The molecule has 0 spiro atoms. The van der Waals surface area contributed by atoms with Crippen molar-refractivity contribution >= 4 is 33.7 Å². The number of rotatable bonds is 4. The molecule has 4 rings (SSSR count). The van der Waals surface area contributed by atoms with Crippen LogP contribution in [-0.2, 0) is 0 Å². The SMILES string of the molecule is Cc1nc(-c2ccccn2)sc1C(=O)Nc1nc(-c2ccccc2)cs1. The van der Waals surface area contributed by atoms with E-state index >= 15 is 0 Å². The highest BCUT2D eigenvalue weighted by atomic mass is 32.1. The van der Waals surface area contributed by atoms with Gasteiger partial charge in [-0.1, -0.05) is 36.4 Å². The highest BCUT2D eigenvalue weighted by Gasteiger charge is 2.18. The molecule has 5 nitrogen and oxygen atoms in total. The Balaban J connectivity index is 1.54. The second-order valence-electron chi connectivity index (χ2n) is 5.51. The molecule has 0 fully saturated rings. The summed E-state index contributed by atoms with van der Waals surface area (Å²) in [5.74, 6) is -0.198. The molecular weight excluding hydrogens is 364 g/mol. The Labute approximate surface area is 158 Å². The van der Waals surface area contributed by atoms with Crippen LogP contribution in [0.3, 0.4) is 0 Å². The molecule has 0 aliphatic rings. The monoisotopic (exact) mass is 378 g/mol. The lowest BCUT2D eigenvalue weighted by Gasteiger charge is -1.99. The van der Waals surface area contributed by atoms with E-state index in [1.54, 1.807) is 6.20 Å². The molecule has 0 saturated heterocycles. The molecule has 0 saturated carbocycles. The summed E-state index contributed by atoms with van der Waals surface area (Å²) in [6.07, 6.45) is 1.71. The number of benzene rings is 1. The van der Waals surface area contributed by atoms with Crippen LogP contribution < -0.4 is 5.32 Å². The average molecular weight is 378 g/mol. The third kappa shape index (κ3) is 3.40. The number of amides is 1. The van der Waals surface area contributed by atoms with Crippen molar-refractivity contribution in [2.24, 2.45) is 0 Å². The van der Waals surface area contributed by atoms with Crippen LogP contribution in [0.2, 0.25) is 0 Å². The van der Waals surface area contributed by atoms with Crippen molar-refractivity contribution in [3.8, 4) is 22.0 Å². The smallest absolute Gasteiger partial charge is 0.269 e. The van der Waals surface area contributed by atoms with Gasteiger partial charge in [-0.15, -0.1) is 22.7 Å². The maximum Gasteiger partial charge on any atom is 0.269 e. The molecule has 7 heteroatoms. The number of carbonyl (C=O) groups excluding carboxylic acids is 1. The van der Waals surface area contributed by atoms with E-state index in [0.717, 1.165) is 22.0 Å². The number of carbonyl (C=O) groups is 1. The first kappa shape index (κ1) is 16.6. The van der Waals surface area contributed by atoms with Gasteiger partial charge in [0.25, 0.3) is 5.91 Å². The first-order valence-electron chi connectivity index (χ1n) is 7.92. The Morgan fingerprint density at radius 1 is 1.00 bits per heavy atom. The predicted octanol–water partition coefficient (Wildman–Crippen LogP) is 4.89. The Bertz CT molecular complexity index is 1040. The molecule has 0 aliphatic carbocycles. The molecule has 0 radical (unpaired) electrons. The van der Waals surface area contributed by atoms with Gasteiger partial charge in [0, 0.05) is 17.1 Å². The predicted molar refractivity (Wildman–Crippen MR) is 106 cm³/mol. The third-order valence-electron chi connectivity index (χ3n) is 3.68. The Hall–Kier alpha value is -2.90. The Morgan fingerprint density at radius 3 is 2.58 bits per heavy atom. The first-order chi connectivity index (χ1) is 12.7. The lowest BCUT2D eigenvalue weighted by atomic mass is 10.2. The highest BCUT2D eigenvalue weighted by molar-refractivity contribution is 7.17. The van der Waals surface area contributed by atoms with Crippen LogP contribution in [0.1, 0.15) is 15.4 Å². The number of thiazole rings is 2. The Kier molecular flexibility index (Phi) is 4.55. The van der Waals surface area contributed by atoms with E-state index in [1.165, 1.54) is 22.7 Å². The number of hydrogen-bond acceptors (Lipinski definition) is 6. The minimum atomic E-state index is -0.198. The van der Waals surface area contributed by atoms with Crippen LogP contribution >= 0.6 is 22.7 Å². The second-order valence-corrected chi connectivity index (χ2v) is 7.36. The summed E-state index contributed by atoms with van der Waals surface area (Å²) in [5, 5.41) is 6.11. The van der Waals surface area contributed by atoms with Crippen LogP contribution in [0.25, 0.3) is 22.0 Å². The topological polar surface area (TPSA) is 67.8 Å². The number of anilines is 1. The van der Waals surface area contributed by atoms with Crippen LogP contribution in [0.5, 0.6) is 0 Å². The minimum absolute atomic E-state index is 0.198. The van der Waals surface area contributed by atoms with Crippen molar-refractivity contribution in [2.45, 2.75) is 6.92 Å². The number of aryl methyl sites for hydroxylation is 1. The molecule has 1 aromatic carbocycles. The van der Waals surface area contributed by atoms with Gasteiger partial charge >= 0.3 is 0 Å². The molecular formula is C19H14N4OS2. The zero-order chi connectivity index (χ0) is 17.9. The summed E-state index contributed by atoms with van der Waals surface area (Å²) in [5.41, 5.74) is 3.32. The average Bonchev–Trinajstić information content (AvgIpc) is 3.30. The van der Waals surface area contributed by atoms with Crippen molar-refractivity contribution in [3.05, 3.63) is 70.7 Å². The van der Waals surface area contributed by atoms with E-state index in [0.29, 0.717) is 15.7 Å². The molecule has 0 unspecified atom stereocenters. The maximum absolute atomic E-state index is 12.6. The molecule has 4 aromatic rings. The quantitative estimate of drug-likeness (QED) is 0.549. The molecule has 1 amide bonds. The van der Waals surface area contributed by atoms with Crippen molar-refractivity contribution in [1.82, 2.24) is 15.0 Å². The van der Waals surface area contributed by atoms with E-state index < -0.39 is 0 Å². The summed E-state index contributed by atoms with van der Waals surface area (Å²) >= 11 is 2.74. The fourth-order valence-corrected chi connectivity index (χ4v) is 4.09. The molecule has 0 atom stereocenters. The molecule has 128 valence electrons. The van der Waals surface area contributed by atoms with Crippen molar-refractivity contribution in [2.75, 3.05) is 5.32 Å². The van der Waals surface area contributed by atoms with Gasteiger partial charge in [-0.2, -0.15) is 0 Å². The molecule has 0 aliphatic heterocycles.